The Bertz CT molecular complexity index is 2600. The summed E-state index contributed by atoms with van der Waals surface area (Å²) in [7, 11) is 0. The summed E-state index contributed by atoms with van der Waals surface area (Å²) in [6, 6.07) is 24.8. The molecule has 20 heteroatoms. The Labute approximate surface area is 404 Å². The molecule has 7 aromatic rings. The van der Waals surface area contributed by atoms with E-state index in [-0.39, 0.29) is 35.5 Å². The molecule has 0 radical (unpaired) electrons. The van der Waals surface area contributed by atoms with Crippen molar-refractivity contribution in [3.8, 4) is 0 Å². The average Bonchev–Trinajstić information content (AvgIpc) is 4.06. The molecule has 0 saturated heterocycles. The van der Waals surface area contributed by atoms with Crippen LogP contribution in [0.5, 0.6) is 0 Å². The third-order valence-electron chi connectivity index (χ3n) is 7.76. The van der Waals surface area contributed by atoms with Crippen LogP contribution in [0, 0.1) is 34.9 Å². The Morgan fingerprint density at radius 3 is 1.21 bits per heavy atom. The molecule has 3 N–H and O–H groups in total. The van der Waals surface area contributed by atoms with Gasteiger partial charge in [0.25, 0.3) is 0 Å². The quantitative estimate of drug-likeness (QED) is 0.0489. The number of nitrogen functional groups attached to an aromatic ring is 1. The van der Waals surface area contributed by atoms with Crippen LogP contribution in [0.1, 0.15) is 49.8 Å². The molecule has 6 nitrogen and oxygen atoms in total. The second-order valence-corrected chi connectivity index (χ2v) is 37.3. The zero-order valence-corrected chi connectivity index (χ0v) is 43.9. The fourth-order valence-electron chi connectivity index (χ4n) is 4.58. The number of benzene rings is 3. The number of hydrogen-bond donors (Lipinski definition) is 2. The Morgan fingerprint density at radius 2 is 0.921 bits per heavy atom. The van der Waals surface area contributed by atoms with Gasteiger partial charge < -0.3 is 10.8 Å². The van der Waals surface area contributed by atoms with Crippen molar-refractivity contribution in [2.24, 2.45) is 0 Å². The Hall–Kier alpha value is -3.44. The molecule has 0 aliphatic rings. The molecule has 3 aromatic carbocycles. The summed E-state index contributed by atoms with van der Waals surface area (Å²) in [5.74, 6) is -5.50. The van der Waals surface area contributed by atoms with Crippen molar-refractivity contribution in [1.29, 1.82) is 0 Å². The topological polar surface area (TPSA) is 115 Å². The van der Waals surface area contributed by atoms with Gasteiger partial charge in [-0.05, 0) is 108 Å². The number of carbonyl (C=O) groups is 4. The van der Waals surface area contributed by atoms with Crippen LogP contribution in [0.25, 0.3) is 0 Å². The monoisotopic (exact) mass is 1240 g/mol. The molecule has 0 amide bonds. The zero-order valence-electron chi connectivity index (χ0n) is 33.0. The fraction of sp³-hybridized carbons (Fsp3) is 0.116. The molecule has 0 atom stereocenters. The molecule has 63 heavy (non-hydrogen) atoms. The van der Waals surface area contributed by atoms with Crippen molar-refractivity contribution in [2.75, 3.05) is 5.73 Å². The maximum absolute atomic E-state index is 13.5. The number of aldehydes is 1. The van der Waals surface area contributed by atoms with Crippen LogP contribution < -0.4 is 8.63 Å². The van der Waals surface area contributed by atoms with E-state index in [0.717, 1.165) is 46.8 Å². The summed E-state index contributed by atoms with van der Waals surface area (Å²) in [5, 5.41) is 8.39. The van der Waals surface area contributed by atoms with Crippen LogP contribution >= 0.6 is 93.1 Å². The average molecular weight is 1250 g/mol. The van der Waals surface area contributed by atoms with E-state index in [1.807, 2.05) is 12.1 Å². The van der Waals surface area contributed by atoms with Gasteiger partial charge in [-0.25, -0.2) is 22.4 Å². The molecule has 0 bridgehead atoms. The molecule has 7 rings (SSSR count). The van der Waals surface area contributed by atoms with Gasteiger partial charge in [0.15, 0.2) is 12.1 Å². The summed E-state index contributed by atoms with van der Waals surface area (Å²) < 4.78 is 82.1. The number of Topliss-reactive ketones (excluding diaryl/α,β-unsaturated/α-hetero) is 2. The van der Waals surface area contributed by atoms with Crippen molar-refractivity contribution >= 4 is 144 Å². The van der Waals surface area contributed by atoms with Gasteiger partial charge in [0.2, 0.25) is 0 Å². The van der Waals surface area contributed by atoms with E-state index >= 15 is 0 Å². The number of carboxylic acid groups (broad SMARTS) is 1. The van der Waals surface area contributed by atoms with E-state index in [1.165, 1.54) is 78.6 Å². The molecular weight excluding hydrogens is 1210 g/mol. The van der Waals surface area contributed by atoms with Crippen LogP contribution in [0.4, 0.5) is 32.0 Å². The van der Waals surface area contributed by atoms with Crippen molar-refractivity contribution in [2.45, 2.75) is 27.7 Å². The van der Waals surface area contributed by atoms with Gasteiger partial charge in [-0.15, -0.1) is 34.0 Å². The van der Waals surface area contributed by atoms with Gasteiger partial charge >= 0.3 is 132 Å². The van der Waals surface area contributed by atoms with E-state index < -0.39 is 64.9 Å². The van der Waals surface area contributed by atoms with Crippen molar-refractivity contribution < 1.29 is 50.6 Å². The number of thiophene rings is 4. The normalized spacial score (nSPS) is 10.4. The first-order chi connectivity index (χ1) is 29.6. The third kappa shape index (κ3) is 17.8. The first kappa shape index (κ1) is 53.9. The Morgan fingerprint density at radius 1 is 0.556 bits per heavy atom. The van der Waals surface area contributed by atoms with Gasteiger partial charge in [0.05, 0.1) is 21.1 Å². The molecule has 0 spiro atoms. The van der Waals surface area contributed by atoms with Gasteiger partial charge in [0.1, 0.15) is 33.8 Å². The van der Waals surface area contributed by atoms with E-state index in [4.69, 9.17) is 10.8 Å². The van der Waals surface area contributed by atoms with E-state index in [1.54, 1.807) is 36.4 Å². The second-order valence-electron chi connectivity index (χ2n) is 13.4. The number of nitrogens with two attached hydrogens (primary N) is 1. The second kappa shape index (κ2) is 25.9. The number of carbonyl (C=O) groups excluding carboxylic acids is 3. The molecule has 0 fully saturated rings. The molecule has 4 heterocycles. The van der Waals surface area contributed by atoms with Crippen LogP contribution in [-0.4, -0.2) is 47.3 Å². The summed E-state index contributed by atoms with van der Waals surface area (Å²) in [5.41, 5.74) is 4.19. The minimum atomic E-state index is -2.18. The summed E-state index contributed by atoms with van der Waals surface area (Å²) in [4.78, 5) is 53.2. The number of aromatic carboxylic acids is 1. The van der Waals surface area contributed by atoms with Crippen LogP contribution in [0.15, 0.2) is 114 Å². The molecule has 0 saturated carbocycles. The maximum atomic E-state index is 13.5. The number of para-hydroxylation sites is 1. The predicted octanol–water partition coefficient (Wildman–Crippen LogP) is 14.3. The van der Waals surface area contributed by atoms with E-state index in [0.29, 0.717) is 14.6 Å². The minimum absolute atomic E-state index is 0.147. The SMILES string of the molecule is Nc1c(F)cccc1F.O=C(Cc1c(F)cccc1F)c1ccc(Br)s1.O=C(O)c1ccc(Br)s1.O=Cc1ccc(Br)s1.[CH3][Sn]([CH3])([CH3])[c]1ccc(C(=O)Cc2c(F)cccc2F)s1. The zero-order chi connectivity index (χ0) is 47.0. The van der Waals surface area contributed by atoms with E-state index in [9.17, 15) is 45.5 Å². The number of halogens is 9. The van der Waals surface area contributed by atoms with Crippen molar-refractivity contribution in [1.82, 2.24) is 0 Å². The summed E-state index contributed by atoms with van der Waals surface area (Å²) in [6.07, 6.45) is 0.360. The van der Waals surface area contributed by atoms with Gasteiger partial charge in [-0.2, -0.15) is 0 Å². The van der Waals surface area contributed by atoms with Gasteiger partial charge in [-0.1, -0.05) is 12.1 Å². The molecule has 4 aromatic heterocycles. The number of ketones is 2. The molecule has 332 valence electrons. The molecule has 0 aliphatic carbocycles. The number of hydrogen-bond acceptors (Lipinski definition) is 9. The first-order valence-electron chi connectivity index (χ1n) is 17.8. The van der Waals surface area contributed by atoms with Crippen LogP contribution in [0.3, 0.4) is 0 Å². The number of anilines is 1. The van der Waals surface area contributed by atoms with Gasteiger partial charge in [0, 0.05) is 12.0 Å². The summed E-state index contributed by atoms with van der Waals surface area (Å²) in [6.45, 7) is 0. The summed E-state index contributed by atoms with van der Waals surface area (Å²) >= 11 is 12.8. The van der Waals surface area contributed by atoms with Crippen molar-refractivity contribution in [3.05, 3.63) is 180 Å². The van der Waals surface area contributed by atoms with Gasteiger partial charge in [-0.3, -0.25) is 9.59 Å². The Kier molecular flexibility index (Phi) is 22.2. The molecular formula is C43H34Br3F6NO5S4Sn. The Balaban J connectivity index is 0.000000221. The van der Waals surface area contributed by atoms with E-state index in [2.05, 4.69) is 62.6 Å². The van der Waals surface area contributed by atoms with Crippen LogP contribution in [-0.2, 0) is 12.8 Å². The standard InChI is InChI=1S/C12H7BrF2OS.C12H7F2OS.C6H5F2N.C5H3BrO2S.C5H3BrOS.3CH3.Sn/c13-12-5-4-11(17-12)10(16)6-7-8(14)2-1-3-9(7)15;13-9-3-1-4-10(14)8(9)7-11(15)12-5-2-6-16-12;7-4-2-1-3-5(8)6(4)9;6-4-2-1-3(9-4)5(7)8;6-5-2-1-4(3-7)8-5;;;;/h1-5H,6H2;1-5H,7H2;1-3H,9H2;1-2H,(H,7,8);1-3H;3*1H3;. The third-order valence-corrected chi connectivity index (χ3v) is 23.2. The fourth-order valence-corrected chi connectivity index (χ4v) is 14.6. The van der Waals surface area contributed by atoms with Crippen molar-refractivity contribution in [3.63, 3.8) is 0 Å². The number of rotatable bonds is 9. The molecule has 0 unspecified atom stereocenters. The first-order valence-corrected chi connectivity index (χ1v) is 33.4. The molecule has 0 aliphatic heterocycles. The predicted molar refractivity (Wildman–Crippen MR) is 255 cm³/mol. The number of carboxylic acids is 1. The van der Waals surface area contributed by atoms with Crippen LogP contribution in [0.2, 0.25) is 14.8 Å².